The van der Waals surface area contributed by atoms with Crippen LogP contribution >= 0.6 is 35.3 Å². The number of pyridine rings is 1. The van der Waals surface area contributed by atoms with Crippen molar-refractivity contribution in [2.75, 3.05) is 11.9 Å². The lowest BCUT2D eigenvalue weighted by atomic mass is 10.0. The number of carbonyl (C=O) groups excluding carboxylic acids is 2. The van der Waals surface area contributed by atoms with E-state index in [1.54, 1.807) is 0 Å². The molecule has 214 valence electrons. The SMILES string of the molecule is O=C(CCN1C(=O)/C(=C/c2cc(-c3cc(C(F)(F)F)cc(C(F)(F)F)c3)cs2)SC1=S)Nc1ccnc(C(=O)O)c1. The van der Waals surface area contributed by atoms with E-state index in [1.807, 2.05) is 0 Å². The molecule has 1 saturated heterocycles. The summed E-state index contributed by atoms with van der Waals surface area (Å²) in [6, 6.07) is 5.22. The van der Waals surface area contributed by atoms with Gasteiger partial charge < -0.3 is 10.4 Å². The zero-order valence-electron chi connectivity index (χ0n) is 20.2. The van der Waals surface area contributed by atoms with Gasteiger partial charge in [-0.3, -0.25) is 14.5 Å². The van der Waals surface area contributed by atoms with Gasteiger partial charge in [-0.15, -0.1) is 11.3 Å². The molecule has 0 radical (unpaired) electrons. The summed E-state index contributed by atoms with van der Waals surface area (Å²) in [4.78, 5) is 41.6. The lowest BCUT2D eigenvalue weighted by Crippen LogP contribution is -2.31. The predicted molar refractivity (Wildman–Crippen MR) is 144 cm³/mol. The highest BCUT2D eigenvalue weighted by Crippen LogP contribution is 2.40. The number of hydrogen-bond donors (Lipinski definition) is 2. The number of thiophene rings is 1. The number of benzene rings is 1. The second-order valence-electron chi connectivity index (χ2n) is 8.40. The molecule has 16 heteroatoms. The molecule has 0 aliphatic carbocycles. The number of rotatable bonds is 7. The summed E-state index contributed by atoms with van der Waals surface area (Å²) in [6.45, 7) is -0.0924. The fraction of sp³-hybridized carbons (Fsp3) is 0.160. The summed E-state index contributed by atoms with van der Waals surface area (Å²) in [6.07, 6.45) is -7.52. The number of anilines is 1. The number of amides is 2. The molecule has 0 bridgehead atoms. The first-order valence-electron chi connectivity index (χ1n) is 11.2. The fourth-order valence-corrected chi connectivity index (χ4v) is 5.81. The van der Waals surface area contributed by atoms with Crippen LogP contribution in [0.2, 0.25) is 0 Å². The molecule has 1 fully saturated rings. The van der Waals surface area contributed by atoms with Crippen LogP contribution in [0.3, 0.4) is 0 Å². The van der Waals surface area contributed by atoms with Crippen LogP contribution in [0.15, 0.2) is 52.9 Å². The maximum Gasteiger partial charge on any atom is 0.416 e. The van der Waals surface area contributed by atoms with Gasteiger partial charge in [0, 0.05) is 29.7 Å². The lowest BCUT2D eigenvalue weighted by molar-refractivity contribution is -0.143. The second kappa shape index (κ2) is 11.6. The number of aromatic carboxylic acids is 1. The van der Waals surface area contributed by atoms with Crippen molar-refractivity contribution >= 4 is 69.2 Å². The van der Waals surface area contributed by atoms with Crippen molar-refractivity contribution in [1.29, 1.82) is 0 Å². The molecule has 0 saturated carbocycles. The molecule has 1 aliphatic heterocycles. The maximum absolute atomic E-state index is 13.2. The molecule has 2 amide bonds. The Labute approximate surface area is 240 Å². The number of nitrogens with zero attached hydrogens (tertiary/aromatic N) is 2. The predicted octanol–water partition coefficient (Wildman–Crippen LogP) is 6.78. The molecule has 2 aromatic heterocycles. The molecule has 7 nitrogen and oxygen atoms in total. The van der Waals surface area contributed by atoms with Gasteiger partial charge in [0.25, 0.3) is 5.91 Å². The summed E-state index contributed by atoms with van der Waals surface area (Å²) in [5.41, 5.74) is -3.13. The Balaban J connectivity index is 1.46. The maximum atomic E-state index is 13.2. The highest BCUT2D eigenvalue weighted by atomic mass is 32.2. The number of thioether (sulfide) groups is 1. The van der Waals surface area contributed by atoms with E-state index in [9.17, 15) is 40.7 Å². The standard InChI is InChI=1S/C25H15F6N3O4S3/c26-24(27,28)14-5-12(6-15(8-14)25(29,30)31)13-7-17(40-11-13)10-19-21(36)34(23(39)41-19)4-2-20(35)33-16-1-3-32-18(9-16)22(37)38/h1,3,5-11H,2,4H2,(H,37,38)(H,32,33,35)/b19-10-. The quantitative estimate of drug-likeness (QED) is 0.169. The molecular formula is C25H15F6N3O4S3. The van der Waals surface area contributed by atoms with Crippen molar-refractivity contribution in [3.05, 3.63) is 74.6 Å². The van der Waals surface area contributed by atoms with E-state index < -0.39 is 41.3 Å². The number of halogens is 6. The molecule has 41 heavy (non-hydrogen) atoms. The Hall–Kier alpha value is -3.76. The Bertz CT molecular complexity index is 1550. The van der Waals surface area contributed by atoms with Gasteiger partial charge in [0.2, 0.25) is 5.91 Å². The summed E-state index contributed by atoms with van der Waals surface area (Å²) >= 11 is 7.17. The largest absolute Gasteiger partial charge is 0.477 e. The molecule has 1 aromatic carbocycles. The molecule has 0 unspecified atom stereocenters. The van der Waals surface area contributed by atoms with E-state index >= 15 is 0 Å². The molecule has 3 aromatic rings. The van der Waals surface area contributed by atoms with Crippen molar-refractivity contribution in [1.82, 2.24) is 9.88 Å². The summed E-state index contributed by atoms with van der Waals surface area (Å²) in [5, 5.41) is 12.9. The number of thiocarbonyl (C=S) groups is 1. The minimum absolute atomic E-state index is 0.0483. The van der Waals surface area contributed by atoms with Gasteiger partial charge in [-0.1, -0.05) is 24.0 Å². The van der Waals surface area contributed by atoms with E-state index in [0.29, 0.717) is 17.0 Å². The smallest absolute Gasteiger partial charge is 0.416 e. The van der Waals surface area contributed by atoms with Crippen molar-refractivity contribution in [2.45, 2.75) is 18.8 Å². The highest BCUT2D eigenvalue weighted by molar-refractivity contribution is 8.26. The summed E-state index contributed by atoms with van der Waals surface area (Å²) < 4.78 is 79.5. The third-order valence-corrected chi connectivity index (χ3v) is 7.77. The normalized spacial score (nSPS) is 15.1. The zero-order valence-corrected chi connectivity index (χ0v) is 22.6. The molecule has 4 rings (SSSR count). The summed E-state index contributed by atoms with van der Waals surface area (Å²) in [7, 11) is 0. The van der Waals surface area contributed by atoms with Crippen molar-refractivity contribution in [2.24, 2.45) is 0 Å². The van der Waals surface area contributed by atoms with E-state index in [-0.39, 0.29) is 50.8 Å². The van der Waals surface area contributed by atoms with Crippen LogP contribution in [0.4, 0.5) is 32.0 Å². The minimum atomic E-state index is -4.99. The van der Waals surface area contributed by atoms with E-state index in [1.165, 1.54) is 40.8 Å². The van der Waals surface area contributed by atoms with Gasteiger partial charge in [0.15, 0.2) is 0 Å². The van der Waals surface area contributed by atoms with Crippen LogP contribution in [0.25, 0.3) is 17.2 Å². The van der Waals surface area contributed by atoms with Crippen molar-refractivity contribution < 1.29 is 45.8 Å². The van der Waals surface area contributed by atoms with E-state index in [2.05, 4.69) is 10.3 Å². The van der Waals surface area contributed by atoms with Crippen molar-refractivity contribution in [3.8, 4) is 11.1 Å². The van der Waals surface area contributed by atoms with Crippen LogP contribution in [0.5, 0.6) is 0 Å². The average molecular weight is 632 g/mol. The topological polar surface area (TPSA) is 99.6 Å². The lowest BCUT2D eigenvalue weighted by Gasteiger charge is -2.14. The second-order valence-corrected chi connectivity index (χ2v) is 11.0. The van der Waals surface area contributed by atoms with Crippen molar-refractivity contribution in [3.63, 3.8) is 0 Å². The number of carboxylic acids is 1. The first kappa shape index (κ1) is 30.2. The van der Waals surface area contributed by atoms with Crippen LogP contribution in [-0.2, 0) is 21.9 Å². The minimum Gasteiger partial charge on any atom is -0.477 e. The Morgan fingerprint density at radius 3 is 2.29 bits per heavy atom. The first-order valence-corrected chi connectivity index (χ1v) is 13.4. The first-order chi connectivity index (χ1) is 19.1. The number of carboxylic acid groups (broad SMARTS) is 1. The van der Waals surface area contributed by atoms with Crippen LogP contribution in [0.1, 0.15) is 32.9 Å². The molecule has 0 spiro atoms. The average Bonchev–Trinajstić information content (AvgIpc) is 3.45. The van der Waals surface area contributed by atoms with Crippen LogP contribution in [-0.4, -0.2) is 43.6 Å². The third kappa shape index (κ3) is 7.31. The van der Waals surface area contributed by atoms with E-state index in [4.69, 9.17) is 17.3 Å². The molecule has 2 N–H and O–H groups in total. The highest BCUT2D eigenvalue weighted by Gasteiger charge is 2.37. The molecule has 3 heterocycles. The van der Waals surface area contributed by atoms with Crippen LogP contribution in [0, 0.1) is 0 Å². The number of hydrogen-bond acceptors (Lipinski definition) is 7. The fourth-order valence-electron chi connectivity index (χ4n) is 3.59. The third-order valence-electron chi connectivity index (χ3n) is 5.51. The molecule has 1 aliphatic rings. The monoisotopic (exact) mass is 631 g/mol. The Morgan fingerprint density at radius 1 is 1.02 bits per heavy atom. The van der Waals surface area contributed by atoms with Gasteiger partial charge in [-0.05, 0) is 59.0 Å². The number of carbonyl (C=O) groups is 3. The van der Waals surface area contributed by atoms with E-state index in [0.717, 1.165) is 23.1 Å². The van der Waals surface area contributed by atoms with Gasteiger partial charge in [-0.2, -0.15) is 26.3 Å². The number of aromatic nitrogens is 1. The summed E-state index contributed by atoms with van der Waals surface area (Å²) in [5.74, 6) is -2.32. The van der Waals surface area contributed by atoms with Gasteiger partial charge in [0.05, 0.1) is 16.0 Å². The van der Waals surface area contributed by atoms with Gasteiger partial charge in [-0.25, -0.2) is 9.78 Å². The van der Waals surface area contributed by atoms with Crippen LogP contribution < -0.4 is 5.32 Å². The van der Waals surface area contributed by atoms with Gasteiger partial charge in [0.1, 0.15) is 10.0 Å². The number of nitrogens with one attached hydrogen (secondary N) is 1. The van der Waals surface area contributed by atoms with Gasteiger partial charge >= 0.3 is 18.3 Å². The number of alkyl halides is 6. The Morgan fingerprint density at radius 2 is 1.68 bits per heavy atom. The zero-order chi connectivity index (χ0) is 30.1. The Kier molecular flexibility index (Phi) is 8.56. The molecule has 0 atom stereocenters. The molecular weight excluding hydrogens is 616 g/mol.